The molecule has 1 aromatic carbocycles. The molecule has 18 heavy (non-hydrogen) atoms. The van der Waals surface area contributed by atoms with E-state index in [1.54, 1.807) is 6.92 Å². The lowest BCUT2D eigenvalue weighted by atomic mass is 10.1. The number of hydrogen-bond acceptors (Lipinski definition) is 2. The number of rotatable bonds is 3. The first-order valence-electron chi connectivity index (χ1n) is 5.31. The van der Waals surface area contributed by atoms with Crippen molar-refractivity contribution in [2.24, 2.45) is 5.73 Å². The van der Waals surface area contributed by atoms with E-state index in [0.717, 1.165) is 6.07 Å². The predicted octanol–water partition coefficient (Wildman–Crippen LogP) is 2.11. The van der Waals surface area contributed by atoms with Gasteiger partial charge in [0.1, 0.15) is 11.6 Å². The van der Waals surface area contributed by atoms with Gasteiger partial charge in [-0.1, -0.05) is 0 Å². The third kappa shape index (κ3) is 3.40. The van der Waals surface area contributed by atoms with Gasteiger partial charge in [0.2, 0.25) is 0 Å². The van der Waals surface area contributed by atoms with Crippen molar-refractivity contribution in [1.29, 1.82) is 0 Å². The van der Waals surface area contributed by atoms with Crippen molar-refractivity contribution in [1.82, 2.24) is 4.90 Å². The van der Waals surface area contributed by atoms with Gasteiger partial charge in [0.05, 0.1) is 5.56 Å². The van der Waals surface area contributed by atoms with Crippen LogP contribution in [-0.2, 0) is 0 Å². The van der Waals surface area contributed by atoms with Crippen LogP contribution in [0.25, 0.3) is 0 Å². The molecule has 6 heteroatoms. The minimum atomic E-state index is -0.853. The zero-order valence-electron chi connectivity index (χ0n) is 10.5. The van der Waals surface area contributed by atoms with E-state index in [1.807, 2.05) is 0 Å². The molecule has 0 spiro atoms. The van der Waals surface area contributed by atoms with Crippen LogP contribution in [-0.4, -0.2) is 30.4 Å². The van der Waals surface area contributed by atoms with Crippen molar-refractivity contribution in [2.75, 3.05) is 13.6 Å². The van der Waals surface area contributed by atoms with Gasteiger partial charge < -0.3 is 10.6 Å². The fraction of sp³-hybridized carbons (Fsp3) is 0.417. The topological polar surface area (TPSA) is 46.3 Å². The van der Waals surface area contributed by atoms with Crippen molar-refractivity contribution in [3.05, 3.63) is 34.9 Å². The van der Waals surface area contributed by atoms with E-state index in [4.69, 9.17) is 5.73 Å². The second-order valence-corrected chi connectivity index (χ2v) is 4.08. The minimum absolute atomic E-state index is 0. The van der Waals surface area contributed by atoms with E-state index in [-0.39, 0.29) is 36.1 Å². The first-order valence-corrected chi connectivity index (χ1v) is 5.31. The van der Waals surface area contributed by atoms with Crippen LogP contribution >= 0.6 is 12.4 Å². The van der Waals surface area contributed by atoms with Gasteiger partial charge in [-0.25, -0.2) is 8.78 Å². The quantitative estimate of drug-likeness (QED) is 0.920. The highest BCUT2D eigenvalue weighted by Gasteiger charge is 2.20. The molecule has 0 saturated carbocycles. The van der Waals surface area contributed by atoms with Gasteiger partial charge in [-0.3, -0.25) is 4.79 Å². The number of nitrogens with zero attached hydrogens (tertiary/aromatic N) is 1. The molecule has 102 valence electrons. The summed E-state index contributed by atoms with van der Waals surface area (Å²) in [6, 6.07) is 1.74. The highest BCUT2D eigenvalue weighted by molar-refractivity contribution is 5.94. The van der Waals surface area contributed by atoms with Gasteiger partial charge in [-0.2, -0.15) is 0 Å². The highest BCUT2D eigenvalue weighted by atomic mass is 35.5. The Bertz CT molecular complexity index is 440. The van der Waals surface area contributed by atoms with Crippen LogP contribution in [0.2, 0.25) is 0 Å². The van der Waals surface area contributed by atoms with E-state index < -0.39 is 17.5 Å². The number of carbonyl (C=O) groups excluding carboxylic acids is 1. The number of aryl methyl sites for hydroxylation is 1. The summed E-state index contributed by atoms with van der Waals surface area (Å²) >= 11 is 0. The normalized spacial score (nSPS) is 11.7. The van der Waals surface area contributed by atoms with E-state index in [1.165, 1.54) is 24.9 Å². The third-order valence-corrected chi connectivity index (χ3v) is 2.80. The van der Waals surface area contributed by atoms with Gasteiger partial charge in [0.25, 0.3) is 5.91 Å². The molecule has 3 nitrogen and oxygen atoms in total. The number of benzene rings is 1. The molecule has 2 N–H and O–H groups in total. The summed E-state index contributed by atoms with van der Waals surface area (Å²) in [5, 5.41) is 0. The summed E-state index contributed by atoms with van der Waals surface area (Å²) in [5.74, 6) is -2.01. The molecular weight excluding hydrogens is 262 g/mol. The molecule has 0 aliphatic rings. The van der Waals surface area contributed by atoms with Crippen LogP contribution in [0.4, 0.5) is 8.78 Å². The maximum Gasteiger partial charge on any atom is 0.256 e. The monoisotopic (exact) mass is 278 g/mol. The lowest BCUT2D eigenvalue weighted by Gasteiger charge is -2.24. The molecule has 1 amide bonds. The summed E-state index contributed by atoms with van der Waals surface area (Å²) in [7, 11) is 1.54. The van der Waals surface area contributed by atoms with E-state index in [9.17, 15) is 13.6 Å². The second kappa shape index (κ2) is 6.66. The molecule has 0 fully saturated rings. The Morgan fingerprint density at radius 2 is 1.94 bits per heavy atom. The SMILES string of the molecule is Cc1cc(C(=O)N(C)C(C)CN)c(F)cc1F.Cl. The van der Waals surface area contributed by atoms with Crippen molar-refractivity contribution < 1.29 is 13.6 Å². The lowest BCUT2D eigenvalue weighted by Crippen LogP contribution is -2.40. The van der Waals surface area contributed by atoms with Crippen LogP contribution in [0.1, 0.15) is 22.8 Å². The van der Waals surface area contributed by atoms with Crippen LogP contribution in [0.15, 0.2) is 12.1 Å². The Hall–Kier alpha value is -1.20. The average Bonchev–Trinajstić information content (AvgIpc) is 2.31. The summed E-state index contributed by atoms with van der Waals surface area (Å²) in [5.41, 5.74) is 5.54. The molecule has 0 saturated heterocycles. The number of amides is 1. The molecule has 1 rings (SSSR count). The molecule has 1 unspecified atom stereocenters. The van der Waals surface area contributed by atoms with Crippen LogP contribution in [0, 0.1) is 18.6 Å². The Morgan fingerprint density at radius 3 is 2.44 bits per heavy atom. The van der Waals surface area contributed by atoms with E-state index in [0.29, 0.717) is 0 Å². The Labute approximate surface area is 111 Å². The second-order valence-electron chi connectivity index (χ2n) is 4.08. The maximum atomic E-state index is 13.5. The van der Waals surface area contributed by atoms with E-state index in [2.05, 4.69) is 0 Å². The van der Waals surface area contributed by atoms with Crippen molar-refractivity contribution >= 4 is 18.3 Å². The molecule has 0 radical (unpaired) electrons. The fourth-order valence-electron chi connectivity index (χ4n) is 1.37. The van der Waals surface area contributed by atoms with Gasteiger partial charge in [0.15, 0.2) is 0 Å². The maximum absolute atomic E-state index is 13.5. The fourth-order valence-corrected chi connectivity index (χ4v) is 1.37. The van der Waals surface area contributed by atoms with E-state index >= 15 is 0 Å². The van der Waals surface area contributed by atoms with Crippen LogP contribution < -0.4 is 5.73 Å². The van der Waals surface area contributed by atoms with Crippen molar-refractivity contribution in [3.8, 4) is 0 Å². The number of halogens is 3. The Balaban J connectivity index is 0.00000289. The summed E-state index contributed by atoms with van der Waals surface area (Å²) in [4.78, 5) is 13.3. The zero-order valence-corrected chi connectivity index (χ0v) is 11.4. The van der Waals surface area contributed by atoms with Crippen molar-refractivity contribution in [3.63, 3.8) is 0 Å². The highest BCUT2D eigenvalue weighted by Crippen LogP contribution is 2.16. The largest absolute Gasteiger partial charge is 0.338 e. The number of carbonyl (C=O) groups is 1. The van der Waals surface area contributed by atoms with Crippen molar-refractivity contribution in [2.45, 2.75) is 19.9 Å². The number of hydrogen-bond donors (Lipinski definition) is 1. The Kier molecular flexibility index (Phi) is 6.21. The number of nitrogens with two attached hydrogens (primary N) is 1. The number of likely N-dealkylation sites (N-methyl/N-ethyl adjacent to an activating group) is 1. The lowest BCUT2D eigenvalue weighted by molar-refractivity contribution is 0.0743. The average molecular weight is 279 g/mol. The third-order valence-electron chi connectivity index (χ3n) is 2.80. The van der Waals surface area contributed by atoms with Gasteiger partial charge in [-0.05, 0) is 25.5 Å². The molecule has 0 aliphatic heterocycles. The van der Waals surface area contributed by atoms with Gasteiger partial charge >= 0.3 is 0 Å². The molecule has 0 bridgehead atoms. The van der Waals surface area contributed by atoms with Gasteiger partial charge in [-0.15, -0.1) is 12.4 Å². The summed E-state index contributed by atoms with van der Waals surface area (Å²) in [6.45, 7) is 3.52. The van der Waals surface area contributed by atoms with Crippen LogP contribution in [0.5, 0.6) is 0 Å². The minimum Gasteiger partial charge on any atom is -0.338 e. The first-order chi connectivity index (χ1) is 7.88. The molecule has 1 aromatic rings. The van der Waals surface area contributed by atoms with Crippen LogP contribution in [0.3, 0.4) is 0 Å². The molecule has 0 heterocycles. The summed E-state index contributed by atoms with van der Waals surface area (Å²) < 4.78 is 26.6. The first kappa shape index (κ1) is 16.8. The molecular formula is C12H17ClF2N2O. The molecule has 0 aromatic heterocycles. The standard InChI is InChI=1S/C12H16F2N2O.ClH/c1-7-4-9(11(14)5-10(7)13)12(17)16(3)8(2)6-15;/h4-5,8H,6,15H2,1-3H3;1H. The van der Waals surface area contributed by atoms with Gasteiger partial charge in [0, 0.05) is 25.7 Å². The Morgan fingerprint density at radius 1 is 1.39 bits per heavy atom. The summed E-state index contributed by atoms with van der Waals surface area (Å²) in [6.07, 6.45) is 0. The molecule has 1 atom stereocenters. The predicted molar refractivity (Wildman–Crippen MR) is 69.0 cm³/mol. The zero-order chi connectivity index (χ0) is 13.2. The smallest absolute Gasteiger partial charge is 0.256 e. The molecule has 0 aliphatic carbocycles.